The van der Waals surface area contributed by atoms with E-state index in [-0.39, 0.29) is 11.9 Å². The molecular weight excluding hydrogens is 242 g/mol. The summed E-state index contributed by atoms with van der Waals surface area (Å²) >= 11 is 0. The van der Waals surface area contributed by atoms with E-state index in [1.807, 2.05) is 0 Å². The first-order chi connectivity index (χ1) is 9.11. The van der Waals surface area contributed by atoms with E-state index in [9.17, 15) is 4.79 Å². The minimum atomic E-state index is -0.127. The van der Waals surface area contributed by atoms with Crippen LogP contribution in [0, 0.1) is 5.92 Å². The van der Waals surface area contributed by atoms with E-state index in [1.165, 1.54) is 0 Å². The molecule has 0 saturated heterocycles. The van der Waals surface area contributed by atoms with Crippen LogP contribution in [0.5, 0.6) is 0 Å². The van der Waals surface area contributed by atoms with Crippen molar-refractivity contribution in [2.45, 2.75) is 39.3 Å². The number of nitrogens with zero attached hydrogens (tertiary/aromatic N) is 1. The third kappa shape index (κ3) is 3.33. The number of carbonyl (C=O) groups is 1. The van der Waals surface area contributed by atoms with Crippen LogP contribution >= 0.6 is 0 Å². The molecule has 1 unspecified atom stereocenters. The van der Waals surface area contributed by atoms with Crippen LogP contribution in [0.2, 0.25) is 0 Å². The van der Waals surface area contributed by atoms with Crippen LogP contribution in [0.4, 0.5) is 0 Å². The first kappa shape index (κ1) is 14.0. The Bertz CT molecular complexity index is 440. The molecule has 2 rings (SSSR count). The second-order valence-electron chi connectivity index (χ2n) is 5.49. The van der Waals surface area contributed by atoms with E-state index in [0.29, 0.717) is 24.7 Å². The Morgan fingerprint density at radius 3 is 3.00 bits per heavy atom. The van der Waals surface area contributed by atoms with Crippen molar-refractivity contribution in [1.29, 1.82) is 0 Å². The number of hydrogen-bond acceptors (Lipinski definition) is 4. The SMILES string of the molecule is CC(C)CC(CN)NC(=O)c1n[nH]c2c1CNCC2. The van der Waals surface area contributed by atoms with Crippen LogP contribution in [0.15, 0.2) is 0 Å². The molecule has 0 bridgehead atoms. The minimum Gasteiger partial charge on any atom is -0.347 e. The maximum atomic E-state index is 12.3. The van der Waals surface area contributed by atoms with Crippen LogP contribution < -0.4 is 16.4 Å². The zero-order valence-corrected chi connectivity index (χ0v) is 11.6. The van der Waals surface area contributed by atoms with Gasteiger partial charge in [-0.15, -0.1) is 0 Å². The Morgan fingerprint density at radius 1 is 1.53 bits per heavy atom. The molecular formula is C13H23N5O. The predicted molar refractivity (Wildman–Crippen MR) is 73.8 cm³/mol. The molecule has 0 radical (unpaired) electrons. The molecule has 1 aliphatic heterocycles. The number of aromatic amines is 1. The lowest BCUT2D eigenvalue weighted by molar-refractivity contribution is 0.0927. The van der Waals surface area contributed by atoms with Crippen LogP contribution in [-0.4, -0.2) is 35.2 Å². The summed E-state index contributed by atoms with van der Waals surface area (Å²) in [4.78, 5) is 12.3. The number of amides is 1. The second-order valence-corrected chi connectivity index (χ2v) is 5.49. The smallest absolute Gasteiger partial charge is 0.272 e. The van der Waals surface area contributed by atoms with Gasteiger partial charge in [0.2, 0.25) is 0 Å². The van der Waals surface area contributed by atoms with Crippen LogP contribution in [0.3, 0.4) is 0 Å². The molecule has 0 aromatic carbocycles. The second kappa shape index (κ2) is 6.16. The van der Waals surface area contributed by atoms with Crippen molar-refractivity contribution in [3.05, 3.63) is 17.0 Å². The average molecular weight is 265 g/mol. The van der Waals surface area contributed by atoms with E-state index < -0.39 is 0 Å². The highest BCUT2D eigenvalue weighted by Crippen LogP contribution is 2.15. The molecule has 0 fully saturated rings. The van der Waals surface area contributed by atoms with E-state index in [4.69, 9.17) is 5.73 Å². The molecule has 1 aliphatic rings. The molecule has 0 spiro atoms. The van der Waals surface area contributed by atoms with Gasteiger partial charge in [0.15, 0.2) is 5.69 Å². The number of fused-ring (bicyclic) bond motifs is 1. The number of nitrogens with two attached hydrogens (primary N) is 1. The normalized spacial score (nSPS) is 16.2. The Kier molecular flexibility index (Phi) is 4.55. The van der Waals surface area contributed by atoms with E-state index in [1.54, 1.807) is 0 Å². The molecule has 106 valence electrons. The lowest BCUT2D eigenvalue weighted by Gasteiger charge is -2.19. The van der Waals surface area contributed by atoms with Crippen LogP contribution in [0.25, 0.3) is 0 Å². The number of rotatable bonds is 5. The van der Waals surface area contributed by atoms with Crippen molar-refractivity contribution >= 4 is 5.91 Å². The number of carbonyl (C=O) groups excluding carboxylic acids is 1. The predicted octanol–water partition coefficient (Wildman–Crippen LogP) is 0.159. The zero-order valence-electron chi connectivity index (χ0n) is 11.6. The Hall–Kier alpha value is -1.40. The standard InChI is InChI=1S/C13H23N5O/c1-8(2)5-9(6-14)16-13(19)12-10-7-15-4-3-11(10)17-18-12/h8-9,15H,3-7,14H2,1-2H3,(H,16,19)(H,17,18). The van der Waals surface area contributed by atoms with Gasteiger partial charge in [-0.1, -0.05) is 13.8 Å². The summed E-state index contributed by atoms with van der Waals surface area (Å²) in [6.45, 7) is 6.32. The van der Waals surface area contributed by atoms with Crippen molar-refractivity contribution in [1.82, 2.24) is 20.8 Å². The molecule has 5 N–H and O–H groups in total. The molecule has 1 atom stereocenters. The maximum absolute atomic E-state index is 12.3. The maximum Gasteiger partial charge on any atom is 0.272 e. The van der Waals surface area contributed by atoms with Gasteiger partial charge in [-0.3, -0.25) is 9.89 Å². The van der Waals surface area contributed by atoms with Gasteiger partial charge in [0.1, 0.15) is 0 Å². The molecule has 1 amide bonds. The number of aromatic nitrogens is 2. The highest BCUT2D eigenvalue weighted by Gasteiger charge is 2.23. The Labute approximate surface area is 113 Å². The largest absolute Gasteiger partial charge is 0.347 e. The van der Waals surface area contributed by atoms with Gasteiger partial charge >= 0.3 is 0 Å². The summed E-state index contributed by atoms with van der Waals surface area (Å²) in [7, 11) is 0. The van der Waals surface area contributed by atoms with E-state index in [0.717, 1.165) is 30.6 Å². The van der Waals surface area contributed by atoms with Gasteiger partial charge in [0.05, 0.1) is 0 Å². The van der Waals surface area contributed by atoms with Gasteiger partial charge in [-0.25, -0.2) is 0 Å². The minimum absolute atomic E-state index is 0.0106. The quantitative estimate of drug-likeness (QED) is 0.610. The Morgan fingerprint density at radius 2 is 2.32 bits per heavy atom. The molecule has 0 saturated carbocycles. The van der Waals surface area contributed by atoms with E-state index >= 15 is 0 Å². The number of hydrogen-bond donors (Lipinski definition) is 4. The molecule has 19 heavy (non-hydrogen) atoms. The van der Waals surface area contributed by atoms with E-state index in [2.05, 4.69) is 34.7 Å². The van der Waals surface area contributed by atoms with Crippen molar-refractivity contribution in [3.63, 3.8) is 0 Å². The Balaban J connectivity index is 2.05. The van der Waals surface area contributed by atoms with Crippen molar-refractivity contribution in [3.8, 4) is 0 Å². The summed E-state index contributed by atoms with van der Waals surface area (Å²) in [5.74, 6) is 0.376. The van der Waals surface area contributed by atoms with Crippen molar-refractivity contribution in [2.75, 3.05) is 13.1 Å². The van der Waals surface area contributed by atoms with Crippen LogP contribution in [0.1, 0.15) is 42.0 Å². The van der Waals surface area contributed by atoms with Gasteiger partial charge in [0.25, 0.3) is 5.91 Å². The molecule has 1 aromatic heterocycles. The summed E-state index contributed by atoms with van der Waals surface area (Å²) in [6.07, 6.45) is 1.77. The summed E-state index contributed by atoms with van der Waals surface area (Å²) in [5.41, 5.74) is 8.27. The average Bonchev–Trinajstić information content (AvgIpc) is 2.81. The summed E-state index contributed by atoms with van der Waals surface area (Å²) < 4.78 is 0. The molecule has 0 aliphatic carbocycles. The molecule has 1 aromatic rings. The first-order valence-corrected chi connectivity index (χ1v) is 6.89. The zero-order chi connectivity index (χ0) is 13.8. The molecule has 6 heteroatoms. The molecule has 6 nitrogen and oxygen atoms in total. The van der Waals surface area contributed by atoms with Crippen molar-refractivity contribution in [2.24, 2.45) is 11.7 Å². The number of H-pyrrole nitrogens is 1. The van der Waals surface area contributed by atoms with Crippen LogP contribution in [-0.2, 0) is 13.0 Å². The lowest BCUT2D eigenvalue weighted by atomic mass is 10.0. The summed E-state index contributed by atoms with van der Waals surface area (Å²) in [5, 5.41) is 13.3. The van der Waals surface area contributed by atoms with Gasteiger partial charge < -0.3 is 16.4 Å². The highest BCUT2D eigenvalue weighted by molar-refractivity contribution is 5.94. The lowest BCUT2D eigenvalue weighted by Crippen LogP contribution is -2.41. The summed E-state index contributed by atoms with van der Waals surface area (Å²) in [6, 6.07) is 0.0106. The molecule has 2 heterocycles. The first-order valence-electron chi connectivity index (χ1n) is 6.89. The monoisotopic (exact) mass is 265 g/mol. The topological polar surface area (TPSA) is 95.8 Å². The fraction of sp³-hybridized carbons (Fsp3) is 0.692. The van der Waals surface area contributed by atoms with Crippen molar-refractivity contribution < 1.29 is 4.79 Å². The number of nitrogens with one attached hydrogen (secondary N) is 3. The van der Waals surface area contributed by atoms with Gasteiger partial charge in [-0.05, 0) is 12.3 Å². The third-order valence-electron chi connectivity index (χ3n) is 3.40. The fourth-order valence-corrected chi connectivity index (χ4v) is 2.45. The third-order valence-corrected chi connectivity index (χ3v) is 3.40. The highest BCUT2D eigenvalue weighted by atomic mass is 16.2. The van der Waals surface area contributed by atoms with Gasteiger partial charge in [-0.2, -0.15) is 5.10 Å². The van der Waals surface area contributed by atoms with Gasteiger partial charge in [0, 0.05) is 43.4 Å². The fourth-order valence-electron chi connectivity index (χ4n) is 2.45.